The summed E-state index contributed by atoms with van der Waals surface area (Å²) in [6.45, 7) is 0.928. The molecule has 2 aromatic rings. The van der Waals surface area contributed by atoms with Gasteiger partial charge in [-0.05, 0) is 50.1 Å². The van der Waals surface area contributed by atoms with Crippen LogP contribution in [-0.4, -0.2) is 53.1 Å². The molecule has 1 saturated heterocycles. The number of nitro groups is 1. The van der Waals surface area contributed by atoms with Crippen molar-refractivity contribution in [2.75, 3.05) is 27.2 Å². The number of non-ortho nitro benzene ring substituents is 1. The average Bonchev–Trinajstić information content (AvgIpc) is 3.19. The minimum atomic E-state index is -0.468. The van der Waals surface area contributed by atoms with Crippen LogP contribution in [0.25, 0.3) is 17.4 Å². The second-order valence-electron chi connectivity index (χ2n) is 6.14. The topological polar surface area (TPSA) is 96.9 Å². The normalized spacial score (nSPS) is 16.0. The van der Waals surface area contributed by atoms with E-state index < -0.39 is 4.92 Å². The Balaban J connectivity index is 1.76. The number of furan rings is 1. The highest BCUT2D eigenvalue weighted by molar-refractivity contribution is 8.18. The second-order valence-corrected chi connectivity index (χ2v) is 7.14. The summed E-state index contributed by atoms with van der Waals surface area (Å²) >= 11 is 0.884. The van der Waals surface area contributed by atoms with E-state index in [0.29, 0.717) is 35.1 Å². The van der Waals surface area contributed by atoms with Gasteiger partial charge in [0.1, 0.15) is 11.5 Å². The van der Waals surface area contributed by atoms with Crippen LogP contribution in [0.4, 0.5) is 10.5 Å². The van der Waals surface area contributed by atoms with E-state index in [9.17, 15) is 19.7 Å². The van der Waals surface area contributed by atoms with Crippen LogP contribution >= 0.6 is 11.8 Å². The fourth-order valence-corrected chi connectivity index (χ4v) is 3.30. The monoisotopic (exact) mass is 387 g/mol. The molecule has 0 N–H and O–H groups in total. The number of carbonyl (C=O) groups is 2. The molecule has 1 aromatic heterocycles. The Morgan fingerprint density at radius 3 is 2.52 bits per heavy atom. The first kappa shape index (κ1) is 18.9. The minimum Gasteiger partial charge on any atom is -0.457 e. The van der Waals surface area contributed by atoms with Gasteiger partial charge in [0.15, 0.2) is 0 Å². The van der Waals surface area contributed by atoms with Crippen LogP contribution in [-0.2, 0) is 4.79 Å². The Hall–Kier alpha value is -2.91. The van der Waals surface area contributed by atoms with Gasteiger partial charge < -0.3 is 9.32 Å². The van der Waals surface area contributed by atoms with Gasteiger partial charge in [0.2, 0.25) is 0 Å². The van der Waals surface area contributed by atoms with Crippen LogP contribution in [0.3, 0.4) is 0 Å². The molecule has 0 atom stereocenters. The van der Waals surface area contributed by atoms with Crippen molar-refractivity contribution < 1.29 is 18.9 Å². The molecular formula is C18H17N3O5S. The number of benzene rings is 1. The molecular weight excluding hydrogens is 370 g/mol. The van der Waals surface area contributed by atoms with Crippen molar-refractivity contribution >= 4 is 34.7 Å². The molecule has 8 nitrogen and oxygen atoms in total. The molecule has 3 rings (SSSR count). The van der Waals surface area contributed by atoms with Crippen LogP contribution in [0.15, 0.2) is 45.7 Å². The predicted octanol–water partition coefficient (Wildman–Crippen LogP) is 3.45. The average molecular weight is 387 g/mol. The Morgan fingerprint density at radius 1 is 1.19 bits per heavy atom. The Bertz CT molecular complexity index is 917. The van der Waals surface area contributed by atoms with Gasteiger partial charge in [-0.2, -0.15) is 0 Å². The molecule has 2 amide bonds. The van der Waals surface area contributed by atoms with Gasteiger partial charge >= 0.3 is 0 Å². The summed E-state index contributed by atoms with van der Waals surface area (Å²) < 4.78 is 5.70. The number of hydrogen-bond acceptors (Lipinski definition) is 7. The number of hydrogen-bond donors (Lipinski definition) is 0. The molecule has 0 bridgehead atoms. The Labute approximate surface area is 159 Å². The number of nitrogens with zero attached hydrogens (tertiary/aromatic N) is 3. The molecule has 1 aliphatic heterocycles. The quantitative estimate of drug-likeness (QED) is 0.425. The summed E-state index contributed by atoms with van der Waals surface area (Å²) in [5.74, 6) is 0.615. The maximum Gasteiger partial charge on any atom is 0.293 e. The molecule has 0 unspecified atom stereocenters. The molecule has 0 radical (unpaired) electrons. The number of nitro benzene ring substituents is 1. The van der Waals surface area contributed by atoms with Gasteiger partial charge in [0.25, 0.3) is 16.8 Å². The van der Waals surface area contributed by atoms with Gasteiger partial charge in [0, 0.05) is 36.9 Å². The highest BCUT2D eigenvalue weighted by Crippen LogP contribution is 2.33. The first-order valence-electron chi connectivity index (χ1n) is 8.10. The van der Waals surface area contributed by atoms with Crippen molar-refractivity contribution in [1.82, 2.24) is 9.80 Å². The minimum absolute atomic E-state index is 0.00284. The number of imide groups is 1. The summed E-state index contributed by atoms with van der Waals surface area (Å²) in [6, 6.07) is 9.38. The highest BCUT2D eigenvalue weighted by Gasteiger charge is 2.34. The summed E-state index contributed by atoms with van der Waals surface area (Å²) in [6.07, 6.45) is 1.54. The van der Waals surface area contributed by atoms with Crippen molar-refractivity contribution in [3.05, 3.63) is 57.2 Å². The van der Waals surface area contributed by atoms with Gasteiger partial charge in [0.05, 0.1) is 9.83 Å². The highest BCUT2D eigenvalue weighted by atomic mass is 32.2. The van der Waals surface area contributed by atoms with Crippen molar-refractivity contribution in [3.63, 3.8) is 0 Å². The van der Waals surface area contributed by atoms with Crippen molar-refractivity contribution in [1.29, 1.82) is 0 Å². The van der Waals surface area contributed by atoms with Gasteiger partial charge in [-0.3, -0.25) is 24.6 Å². The smallest absolute Gasteiger partial charge is 0.293 e. The molecule has 1 aromatic carbocycles. The molecule has 140 valence electrons. The number of amides is 2. The summed E-state index contributed by atoms with van der Waals surface area (Å²) in [5.41, 5.74) is 0.677. The second kappa shape index (κ2) is 7.77. The molecule has 0 saturated carbocycles. The van der Waals surface area contributed by atoms with E-state index in [-0.39, 0.29) is 16.8 Å². The molecule has 2 heterocycles. The molecule has 1 fully saturated rings. The van der Waals surface area contributed by atoms with Gasteiger partial charge in [-0.1, -0.05) is 0 Å². The lowest BCUT2D eigenvalue weighted by Crippen LogP contribution is -2.34. The summed E-state index contributed by atoms with van der Waals surface area (Å²) in [7, 11) is 3.75. The van der Waals surface area contributed by atoms with Crippen LogP contribution in [0, 0.1) is 10.1 Å². The number of rotatable bonds is 6. The van der Waals surface area contributed by atoms with Gasteiger partial charge in [-0.25, -0.2) is 0 Å². The van der Waals surface area contributed by atoms with E-state index in [1.807, 2.05) is 19.0 Å². The predicted molar refractivity (Wildman–Crippen MR) is 102 cm³/mol. The summed E-state index contributed by atoms with van der Waals surface area (Å²) in [4.78, 5) is 38.1. The number of thioether (sulfide) groups is 1. The molecule has 27 heavy (non-hydrogen) atoms. The third kappa shape index (κ3) is 4.26. The van der Waals surface area contributed by atoms with Crippen molar-refractivity contribution in [3.8, 4) is 11.3 Å². The lowest BCUT2D eigenvalue weighted by atomic mass is 10.1. The first-order valence-corrected chi connectivity index (χ1v) is 8.91. The molecule has 1 aliphatic rings. The van der Waals surface area contributed by atoms with E-state index in [1.54, 1.807) is 24.3 Å². The SMILES string of the molecule is CN(C)CCN1C(=O)S/C(=C\c2ccc(-c3ccc([N+](=O)[O-])cc3)o2)C1=O. The zero-order valence-electron chi connectivity index (χ0n) is 14.7. The standard InChI is InChI=1S/C18H17N3O5S/c1-19(2)9-10-20-17(22)16(27-18(20)23)11-14-7-8-15(26-14)12-3-5-13(6-4-12)21(24)25/h3-8,11H,9-10H2,1-2H3/b16-11-. The fourth-order valence-electron chi connectivity index (χ4n) is 2.45. The van der Waals surface area contributed by atoms with Crippen LogP contribution < -0.4 is 0 Å². The fraction of sp³-hybridized carbons (Fsp3) is 0.222. The van der Waals surface area contributed by atoms with E-state index in [1.165, 1.54) is 23.1 Å². The zero-order chi connectivity index (χ0) is 19.6. The largest absolute Gasteiger partial charge is 0.457 e. The third-order valence-electron chi connectivity index (χ3n) is 3.91. The number of carbonyl (C=O) groups excluding carboxylic acids is 2. The first-order chi connectivity index (χ1) is 12.8. The molecule has 0 spiro atoms. The molecule has 9 heteroatoms. The Morgan fingerprint density at radius 2 is 1.89 bits per heavy atom. The van der Waals surface area contributed by atoms with Crippen molar-refractivity contribution in [2.45, 2.75) is 0 Å². The maximum absolute atomic E-state index is 12.4. The number of likely N-dealkylation sites (N-methyl/N-ethyl adjacent to an activating group) is 1. The third-order valence-corrected chi connectivity index (χ3v) is 4.81. The Kier molecular flexibility index (Phi) is 5.43. The summed E-state index contributed by atoms with van der Waals surface area (Å²) in [5, 5.41) is 10.4. The lowest BCUT2D eigenvalue weighted by molar-refractivity contribution is -0.384. The van der Waals surface area contributed by atoms with E-state index in [4.69, 9.17) is 4.42 Å². The van der Waals surface area contributed by atoms with E-state index in [0.717, 1.165) is 11.8 Å². The van der Waals surface area contributed by atoms with Gasteiger partial charge in [-0.15, -0.1) is 0 Å². The van der Waals surface area contributed by atoms with E-state index in [2.05, 4.69) is 0 Å². The molecule has 0 aliphatic carbocycles. The van der Waals surface area contributed by atoms with Crippen LogP contribution in [0.5, 0.6) is 0 Å². The van der Waals surface area contributed by atoms with E-state index >= 15 is 0 Å². The maximum atomic E-state index is 12.4. The van der Waals surface area contributed by atoms with Crippen molar-refractivity contribution in [2.24, 2.45) is 0 Å². The van der Waals surface area contributed by atoms with Crippen LogP contribution in [0.1, 0.15) is 5.76 Å². The lowest BCUT2D eigenvalue weighted by Gasteiger charge is -2.15. The zero-order valence-corrected chi connectivity index (χ0v) is 15.6. The van der Waals surface area contributed by atoms with Crippen LogP contribution in [0.2, 0.25) is 0 Å².